The number of halogens is 1. The zero-order chi connectivity index (χ0) is 24.5. The predicted octanol–water partition coefficient (Wildman–Crippen LogP) is 3.12. The monoisotopic (exact) mass is 487 g/mol. The number of fused-ring (bicyclic) bond motifs is 1. The van der Waals surface area contributed by atoms with Crippen LogP contribution in [0.25, 0.3) is 10.9 Å². The Bertz CT molecular complexity index is 1300. The molecule has 0 unspecified atom stereocenters. The van der Waals surface area contributed by atoms with Crippen molar-refractivity contribution in [2.24, 2.45) is 0 Å². The summed E-state index contributed by atoms with van der Waals surface area (Å²) >= 11 is 0. The Kier molecular flexibility index (Phi) is 6.83. The number of carbonyl (C=O) groups excluding carboxylic acids is 1. The Morgan fingerprint density at radius 1 is 1.12 bits per heavy atom. The second-order valence-electron chi connectivity index (χ2n) is 8.53. The Balaban J connectivity index is 1.43. The number of pyridine rings is 1. The van der Waals surface area contributed by atoms with Crippen LogP contribution in [0.3, 0.4) is 0 Å². The zero-order valence-corrected chi connectivity index (χ0v) is 19.7. The van der Waals surface area contributed by atoms with Gasteiger partial charge in [0.1, 0.15) is 22.0 Å². The molecule has 1 fully saturated rings. The molecule has 0 spiro atoms. The minimum Gasteiger partial charge on any atom is -0.481 e. The Morgan fingerprint density at radius 3 is 2.56 bits per heavy atom. The molecule has 1 amide bonds. The first-order valence-corrected chi connectivity index (χ1v) is 12.3. The minimum absolute atomic E-state index is 0.0514. The largest absolute Gasteiger partial charge is 0.481 e. The van der Waals surface area contributed by atoms with Gasteiger partial charge in [0.15, 0.2) is 6.61 Å². The van der Waals surface area contributed by atoms with Crippen LogP contribution in [0.2, 0.25) is 0 Å². The van der Waals surface area contributed by atoms with Gasteiger partial charge in [-0.25, -0.2) is 4.39 Å². The summed E-state index contributed by atoms with van der Waals surface area (Å²) < 4.78 is 51.7. The molecule has 0 radical (unpaired) electrons. The third kappa shape index (κ3) is 5.19. The van der Waals surface area contributed by atoms with Crippen LogP contribution in [0.4, 0.5) is 4.39 Å². The van der Waals surface area contributed by atoms with Gasteiger partial charge >= 0.3 is 0 Å². The molecule has 0 aliphatic carbocycles. The Hall–Kier alpha value is -3.08. The molecule has 1 aromatic heterocycles. The molecule has 2 heterocycles. The number of benzene rings is 2. The molecule has 0 bridgehead atoms. The maximum Gasteiger partial charge on any atom is 0.295 e. The van der Waals surface area contributed by atoms with Gasteiger partial charge in [0.2, 0.25) is 0 Å². The van der Waals surface area contributed by atoms with E-state index in [1.807, 2.05) is 13.8 Å². The van der Waals surface area contributed by atoms with Gasteiger partial charge < -0.3 is 9.64 Å². The molecule has 1 N–H and O–H groups in total. The number of ether oxygens (including phenoxy) is 1. The molecule has 2 aromatic carbocycles. The van der Waals surface area contributed by atoms with E-state index < -0.39 is 10.1 Å². The van der Waals surface area contributed by atoms with Gasteiger partial charge in [-0.1, -0.05) is 12.1 Å². The topological polar surface area (TPSA) is 100 Å². The highest BCUT2D eigenvalue weighted by molar-refractivity contribution is 7.86. The summed E-state index contributed by atoms with van der Waals surface area (Å²) in [5, 5.41) is 0.214. The molecular formula is C24H26FN3O5S. The molecule has 1 saturated heterocycles. The van der Waals surface area contributed by atoms with Gasteiger partial charge in [-0.3, -0.25) is 19.2 Å². The highest BCUT2D eigenvalue weighted by atomic mass is 32.2. The van der Waals surface area contributed by atoms with Gasteiger partial charge in [0.05, 0.1) is 0 Å². The van der Waals surface area contributed by atoms with Crippen LogP contribution < -0.4 is 4.74 Å². The maximum absolute atomic E-state index is 13.2. The molecule has 2 atom stereocenters. The van der Waals surface area contributed by atoms with Gasteiger partial charge in [-0.15, -0.1) is 0 Å². The van der Waals surface area contributed by atoms with E-state index in [0.29, 0.717) is 19.6 Å². The molecule has 4 rings (SSSR count). The molecule has 0 saturated carbocycles. The van der Waals surface area contributed by atoms with E-state index in [1.54, 1.807) is 23.1 Å². The van der Waals surface area contributed by atoms with Gasteiger partial charge in [-0.2, -0.15) is 8.42 Å². The molecule has 34 heavy (non-hydrogen) atoms. The standard InChI is InChI=1S/C24H26FN3O5S/c1-16-13-28(17(2)12-27(16)14-18-5-7-19(25)8-6-18)23(29)15-33-21-9-10-22(34(30,31)32)20-4-3-11-26-24(20)21/h3-11,16-17H,12-15H2,1-2H3,(H,30,31,32)/t16-,17+/m1/s1. The van der Waals surface area contributed by atoms with Crippen molar-refractivity contribution in [1.82, 2.24) is 14.8 Å². The number of aromatic nitrogens is 1. The normalized spacial score (nSPS) is 19.4. The van der Waals surface area contributed by atoms with Crippen LogP contribution in [0.15, 0.2) is 59.6 Å². The number of carbonyl (C=O) groups is 1. The summed E-state index contributed by atoms with van der Waals surface area (Å²) in [5.41, 5.74) is 1.26. The molecule has 1 aliphatic rings. The smallest absolute Gasteiger partial charge is 0.295 e. The number of piperazine rings is 1. The van der Waals surface area contributed by atoms with Crippen molar-refractivity contribution in [2.45, 2.75) is 37.4 Å². The number of hydrogen-bond acceptors (Lipinski definition) is 6. The van der Waals surface area contributed by atoms with Crippen LogP contribution in [-0.2, 0) is 21.5 Å². The molecule has 1 aliphatic heterocycles. The van der Waals surface area contributed by atoms with Crippen molar-refractivity contribution < 1.29 is 26.9 Å². The minimum atomic E-state index is -4.43. The number of amides is 1. The number of rotatable bonds is 6. The van der Waals surface area contributed by atoms with Crippen LogP contribution in [0.5, 0.6) is 5.75 Å². The lowest BCUT2D eigenvalue weighted by Crippen LogP contribution is -2.58. The average molecular weight is 488 g/mol. The fourth-order valence-electron chi connectivity index (χ4n) is 4.27. The first-order chi connectivity index (χ1) is 16.1. The molecule has 10 heteroatoms. The number of nitrogens with zero attached hydrogens (tertiary/aromatic N) is 3. The van der Waals surface area contributed by atoms with E-state index in [2.05, 4.69) is 9.88 Å². The maximum atomic E-state index is 13.2. The third-order valence-electron chi connectivity index (χ3n) is 6.06. The second kappa shape index (κ2) is 9.65. The SMILES string of the molecule is C[C@@H]1CN(C(=O)COc2ccc(S(=O)(=O)O)c3cccnc23)[C@@H](C)CN1Cc1ccc(F)cc1. The van der Waals surface area contributed by atoms with E-state index in [1.165, 1.54) is 36.5 Å². The van der Waals surface area contributed by atoms with Crippen molar-refractivity contribution in [2.75, 3.05) is 19.7 Å². The van der Waals surface area contributed by atoms with Crippen molar-refractivity contribution in [1.29, 1.82) is 0 Å². The van der Waals surface area contributed by atoms with E-state index >= 15 is 0 Å². The van der Waals surface area contributed by atoms with Crippen molar-refractivity contribution in [3.05, 3.63) is 66.1 Å². The summed E-state index contributed by atoms with van der Waals surface area (Å²) in [6.45, 7) is 5.64. The molecule has 3 aromatic rings. The Morgan fingerprint density at radius 2 is 1.85 bits per heavy atom. The van der Waals surface area contributed by atoms with Crippen molar-refractivity contribution in [3.8, 4) is 5.75 Å². The first-order valence-electron chi connectivity index (χ1n) is 10.9. The fourth-order valence-corrected chi connectivity index (χ4v) is 4.96. The quantitative estimate of drug-likeness (QED) is 0.533. The highest BCUT2D eigenvalue weighted by Gasteiger charge is 2.32. The van der Waals surface area contributed by atoms with Crippen LogP contribution in [0.1, 0.15) is 19.4 Å². The summed E-state index contributed by atoms with van der Waals surface area (Å²) in [4.78, 5) is 20.9. The summed E-state index contributed by atoms with van der Waals surface area (Å²) in [6, 6.07) is 12.2. The van der Waals surface area contributed by atoms with E-state index in [4.69, 9.17) is 4.74 Å². The van der Waals surface area contributed by atoms with E-state index in [0.717, 1.165) is 5.56 Å². The van der Waals surface area contributed by atoms with Gasteiger partial charge in [0.25, 0.3) is 16.0 Å². The summed E-state index contributed by atoms with van der Waals surface area (Å²) in [6.07, 6.45) is 1.48. The summed E-state index contributed by atoms with van der Waals surface area (Å²) in [5.74, 6) is -0.202. The van der Waals surface area contributed by atoms with Crippen molar-refractivity contribution >= 4 is 26.9 Å². The molecule has 8 nitrogen and oxygen atoms in total. The molecule has 180 valence electrons. The lowest BCUT2D eigenvalue weighted by atomic mass is 10.1. The average Bonchev–Trinajstić information content (AvgIpc) is 2.80. The zero-order valence-electron chi connectivity index (χ0n) is 18.9. The van der Waals surface area contributed by atoms with Gasteiger partial charge in [-0.05, 0) is 55.8 Å². The Labute approximate surface area is 197 Å². The first kappa shape index (κ1) is 24.1. The van der Waals surface area contributed by atoms with Gasteiger partial charge in [0, 0.05) is 43.3 Å². The molecular weight excluding hydrogens is 461 g/mol. The van der Waals surface area contributed by atoms with Crippen LogP contribution in [-0.4, -0.2) is 65.4 Å². The highest BCUT2D eigenvalue weighted by Crippen LogP contribution is 2.29. The lowest BCUT2D eigenvalue weighted by molar-refractivity contribution is -0.139. The lowest BCUT2D eigenvalue weighted by Gasteiger charge is -2.44. The van der Waals surface area contributed by atoms with Crippen molar-refractivity contribution in [3.63, 3.8) is 0 Å². The predicted molar refractivity (Wildman–Crippen MR) is 124 cm³/mol. The second-order valence-corrected chi connectivity index (χ2v) is 9.92. The summed E-state index contributed by atoms with van der Waals surface area (Å²) in [7, 11) is -4.43. The van der Waals surface area contributed by atoms with E-state index in [9.17, 15) is 22.2 Å². The van der Waals surface area contributed by atoms with Crippen LogP contribution >= 0.6 is 0 Å². The van der Waals surface area contributed by atoms with Crippen LogP contribution in [0, 0.1) is 5.82 Å². The number of hydrogen-bond donors (Lipinski definition) is 1. The third-order valence-corrected chi connectivity index (χ3v) is 6.97. The van der Waals surface area contributed by atoms with E-state index in [-0.39, 0.29) is 52.0 Å². The fraction of sp³-hybridized carbons (Fsp3) is 0.333.